The van der Waals surface area contributed by atoms with Gasteiger partial charge in [0, 0.05) is 17.1 Å². The molecular weight excluding hydrogens is 316 g/mol. The van der Waals surface area contributed by atoms with Crippen molar-refractivity contribution in [3.63, 3.8) is 0 Å². The van der Waals surface area contributed by atoms with Crippen LogP contribution >= 0.6 is 22.9 Å². The highest BCUT2D eigenvalue weighted by atomic mass is 35.5. The minimum atomic E-state index is -3.53. The Labute approximate surface area is 127 Å². The van der Waals surface area contributed by atoms with E-state index >= 15 is 0 Å². The second-order valence-electron chi connectivity index (χ2n) is 4.43. The number of benzene rings is 1. The van der Waals surface area contributed by atoms with Gasteiger partial charge in [0.2, 0.25) is 10.0 Å². The average Bonchev–Trinajstić information content (AvgIpc) is 2.73. The van der Waals surface area contributed by atoms with E-state index in [1.54, 1.807) is 18.2 Å². The molecule has 0 bridgehead atoms. The quantitative estimate of drug-likeness (QED) is 0.828. The van der Waals surface area contributed by atoms with Gasteiger partial charge in [-0.15, -0.1) is 11.3 Å². The number of halogens is 1. The molecule has 4 nitrogen and oxygen atoms in total. The van der Waals surface area contributed by atoms with Gasteiger partial charge in [0.05, 0.1) is 9.23 Å². The lowest BCUT2D eigenvalue weighted by Crippen LogP contribution is -2.26. The fraction of sp³-hybridized carbons (Fsp3) is 0.231. The first-order chi connectivity index (χ1) is 9.37. The maximum Gasteiger partial charge on any atom is 0.240 e. The molecule has 0 fully saturated rings. The molecule has 0 amide bonds. The molecular formula is C13H15ClN2O2S2. The van der Waals surface area contributed by atoms with Crippen LogP contribution in [0.25, 0.3) is 0 Å². The third-order valence-corrected chi connectivity index (χ3v) is 5.41. The van der Waals surface area contributed by atoms with Gasteiger partial charge in [-0.3, -0.25) is 0 Å². The number of nitrogen functional groups attached to an aromatic ring is 1. The van der Waals surface area contributed by atoms with Crippen LogP contribution in [0.3, 0.4) is 0 Å². The van der Waals surface area contributed by atoms with Gasteiger partial charge < -0.3 is 5.73 Å². The first-order valence-electron chi connectivity index (χ1n) is 5.98. The Balaban J connectivity index is 2.03. The Hall–Kier alpha value is -1.08. The highest BCUT2D eigenvalue weighted by Crippen LogP contribution is 2.21. The fourth-order valence-corrected chi connectivity index (χ4v) is 4.07. The standard InChI is InChI=1S/C13H15ClN2O2S2/c1-9-6-10(15)8-12(7-9)20(17,18)16-5-4-11-2-3-13(14)19-11/h2-3,6-8,16H,4-5,15H2,1H3. The molecule has 1 aromatic carbocycles. The second-order valence-corrected chi connectivity index (χ2v) is 8.00. The summed E-state index contributed by atoms with van der Waals surface area (Å²) in [5, 5.41) is 0. The van der Waals surface area contributed by atoms with E-state index in [0.717, 1.165) is 10.4 Å². The molecule has 0 radical (unpaired) electrons. The molecule has 7 heteroatoms. The van der Waals surface area contributed by atoms with E-state index in [1.165, 1.54) is 17.4 Å². The minimum absolute atomic E-state index is 0.194. The predicted octanol–water partition coefficient (Wildman–Crippen LogP) is 2.81. The third-order valence-electron chi connectivity index (χ3n) is 2.68. The lowest BCUT2D eigenvalue weighted by atomic mass is 10.2. The van der Waals surface area contributed by atoms with Crippen molar-refractivity contribution in [1.29, 1.82) is 0 Å². The van der Waals surface area contributed by atoms with E-state index in [9.17, 15) is 8.42 Å². The molecule has 1 heterocycles. The first kappa shape index (κ1) is 15.3. The van der Waals surface area contributed by atoms with Crippen LogP contribution in [-0.2, 0) is 16.4 Å². The van der Waals surface area contributed by atoms with Crippen LogP contribution in [0.4, 0.5) is 5.69 Å². The van der Waals surface area contributed by atoms with E-state index in [1.807, 2.05) is 13.0 Å². The van der Waals surface area contributed by atoms with Crippen LogP contribution in [0.2, 0.25) is 4.34 Å². The van der Waals surface area contributed by atoms with Gasteiger partial charge in [-0.1, -0.05) is 11.6 Å². The molecule has 3 N–H and O–H groups in total. The Kier molecular flexibility index (Phi) is 4.70. The number of aryl methyl sites for hydroxylation is 1. The predicted molar refractivity (Wildman–Crippen MR) is 83.8 cm³/mol. The number of hydrogen-bond donors (Lipinski definition) is 2. The van der Waals surface area contributed by atoms with Gasteiger partial charge in [-0.25, -0.2) is 13.1 Å². The molecule has 0 atom stereocenters. The van der Waals surface area contributed by atoms with Gasteiger partial charge in [-0.2, -0.15) is 0 Å². The molecule has 0 unspecified atom stereocenters. The number of hydrogen-bond acceptors (Lipinski definition) is 4. The van der Waals surface area contributed by atoms with Crippen molar-refractivity contribution >= 4 is 38.6 Å². The van der Waals surface area contributed by atoms with E-state index < -0.39 is 10.0 Å². The Morgan fingerprint density at radius 2 is 2.05 bits per heavy atom. The van der Waals surface area contributed by atoms with Crippen LogP contribution in [-0.4, -0.2) is 15.0 Å². The van der Waals surface area contributed by atoms with Gasteiger partial charge in [-0.05, 0) is 49.2 Å². The van der Waals surface area contributed by atoms with E-state index in [4.69, 9.17) is 17.3 Å². The van der Waals surface area contributed by atoms with Crippen LogP contribution < -0.4 is 10.5 Å². The number of thiophene rings is 1. The van der Waals surface area contributed by atoms with Crippen LogP contribution in [0.1, 0.15) is 10.4 Å². The monoisotopic (exact) mass is 330 g/mol. The molecule has 0 aliphatic carbocycles. The third kappa shape index (κ3) is 3.96. The molecule has 1 aromatic heterocycles. The fourth-order valence-electron chi connectivity index (χ4n) is 1.81. The summed E-state index contributed by atoms with van der Waals surface area (Å²) in [6, 6.07) is 8.48. The maximum atomic E-state index is 12.1. The van der Waals surface area contributed by atoms with Crippen molar-refractivity contribution in [2.75, 3.05) is 12.3 Å². The van der Waals surface area contributed by atoms with E-state index in [2.05, 4.69) is 4.72 Å². The van der Waals surface area contributed by atoms with Crippen LogP contribution in [0.15, 0.2) is 35.2 Å². The van der Waals surface area contributed by atoms with Crippen molar-refractivity contribution in [1.82, 2.24) is 4.72 Å². The summed E-state index contributed by atoms with van der Waals surface area (Å²) in [5.74, 6) is 0. The lowest BCUT2D eigenvalue weighted by Gasteiger charge is -2.08. The zero-order valence-electron chi connectivity index (χ0n) is 10.9. The lowest BCUT2D eigenvalue weighted by molar-refractivity contribution is 0.582. The molecule has 0 saturated carbocycles. The van der Waals surface area contributed by atoms with Crippen molar-refractivity contribution in [2.45, 2.75) is 18.2 Å². The summed E-state index contributed by atoms with van der Waals surface area (Å²) in [7, 11) is -3.53. The molecule has 0 saturated heterocycles. The van der Waals surface area contributed by atoms with Crippen LogP contribution in [0.5, 0.6) is 0 Å². The summed E-state index contributed by atoms with van der Waals surface area (Å²) in [4.78, 5) is 1.24. The molecule has 0 aliphatic rings. The minimum Gasteiger partial charge on any atom is -0.399 e. The Morgan fingerprint density at radius 1 is 1.30 bits per heavy atom. The number of sulfonamides is 1. The summed E-state index contributed by atoms with van der Waals surface area (Å²) in [6.07, 6.45) is 0.609. The summed E-state index contributed by atoms with van der Waals surface area (Å²) in [6.45, 7) is 2.13. The highest BCUT2D eigenvalue weighted by Gasteiger charge is 2.14. The van der Waals surface area contributed by atoms with Gasteiger partial charge in [0.15, 0.2) is 0 Å². The zero-order chi connectivity index (χ0) is 14.8. The number of anilines is 1. The molecule has 108 valence electrons. The number of nitrogens with two attached hydrogens (primary N) is 1. The smallest absolute Gasteiger partial charge is 0.240 e. The first-order valence-corrected chi connectivity index (χ1v) is 8.65. The van der Waals surface area contributed by atoms with Crippen LogP contribution in [0, 0.1) is 6.92 Å². The second kappa shape index (κ2) is 6.13. The van der Waals surface area contributed by atoms with Gasteiger partial charge >= 0.3 is 0 Å². The van der Waals surface area contributed by atoms with E-state index in [0.29, 0.717) is 23.0 Å². The van der Waals surface area contributed by atoms with Crippen molar-refractivity contribution in [2.24, 2.45) is 0 Å². The largest absolute Gasteiger partial charge is 0.399 e. The highest BCUT2D eigenvalue weighted by molar-refractivity contribution is 7.89. The molecule has 20 heavy (non-hydrogen) atoms. The summed E-state index contributed by atoms with van der Waals surface area (Å²) in [5.41, 5.74) is 6.93. The summed E-state index contributed by atoms with van der Waals surface area (Å²) >= 11 is 7.28. The average molecular weight is 331 g/mol. The van der Waals surface area contributed by atoms with E-state index in [-0.39, 0.29) is 4.90 Å². The van der Waals surface area contributed by atoms with Gasteiger partial charge in [0.25, 0.3) is 0 Å². The molecule has 2 aromatic rings. The number of nitrogens with one attached hydrogen (secondary N) is 1. The van der Waals surface area contributed by atoms with Gasteiger partial charge in [0.1, 0.15) is 0 Å². The Morgan fingerprint density at radius 3 is 2.65 bits per heavy atom. The maximum absolute atomic E-state index is 12.1. The normalized spacial score (nSPS) is 11.7. The van der Waals surface area contributed by atoms with Crippen molar-refractivity contribution in [3.8, 4) is 0 Å². The topological polar surface area (TPSA) is 72.2 Å². The molecule has 0 aliphatic heterocycles. The zero-order valence-corrected chi connectivity index (χ0v) is 13.3. The molecule has 2 rings (SSSR count). The number of rotatable bonds is 5. The SMILES string of the molecule is Cc1cc(N)cc(S(=O)(=O)NCCc2ccc(Cl)s2)c1. The Bertz CT molecular complexity index is 691. The summed E-state index contributed by atoms with van der Waals surface area (Å²) < 4.78 is 27.6. The molecule has 0 spiro atoms. The van der Waals surface area contributed by atoms with Crippen molar-refractivity contribution < 1.29 is 8.42 Å². The van der Waals surface area contributed by atoms with Crippen molar-refractivity contribution in [3.05, 3.63) is 45.1 Å².